The summed E-state index contributed by atoms with van der Waals surface area (Å²) in [5.41, 5.74) is 13.1. The molecule has 29 heavy (non-hydrogen) atoms. The van der Waals surface area contributed by atoms with Gasteiger partial charge in [-0.3, -0.25) is 9.79 Å². The zero-order valence-electron chi connectivity index (χ0n) is 15.8. The normalized spacial score (nSPS) is 12.7. The summed E-state index contributed by atoms with van der Waals surface area (Å²) in [6, 6.07) is 10.5. The number of amides is 1. The molecule has 2 rings (SSSR count). The molecule has 1 amide bonds. The number of aromatic hydroxyl groups is 1. The fourth-order valence-corrected chi connectivity index (χ4v) is 3.79. The van der Waals surface area contributed by atoms with Crippen molar-refractivity contribution in [2.45, 2.75) is 19.4 Å². The third-order valence-electron chi connectivity index (χ3n) is 4.04. The molecule has 0 fully saturated rings. The van der Waals surface area contributed by atoms with E-state index in [9.17, 15) is 9.90 Å². The average molecular weight is 525 g/mol. The highest BCUT2D eigenvalue weighted by atomic mass is 79.9. The first-order valence-corrected chi connectivity index (χ1v) is 10.5. The van der Waals surface area contributed by atoms with Crippen molar-refractivity contribution in [3.05, 3.63) is 68.5 Å². The van der Waals surface area contributed by atoms with Crippen molar-refractivity contribution in [3.8, 4) is 5.75 Å². The Hall–Kier alpha value is -2.52. The lowest BCUT2D eigenvalue weighted by molar-refractivity contribution is 0.0959. The molecule has 7 nitrogen and oxygen atoms in total. The summed E-state index contributed by atoms with van der Waals surface area (Å²) in [6.07, 6.45) is 3.70. The first kappa shape index (κ1) is 22.8. The molecular formula is C20H23Br2N5O2. The van der Waals surface area contributed by atoms with Crippen LogP contribution in [0.5, 0.6) is 5.75 Å². The van der Waals surface area contributed by atoms with Crippen molar-refractivity contribution in [2.24, 2.45) is 16.5 Å². The number of hydrogen-bond acceptors (Lipinski definition) is 6. The number of rotatable bonds is 8. The van der Waals surface area contributed by atoms with Crippen LogP contribution in [-0.4, -0.2) is 23.8 Å². The predicted octanol–water partition coefficient (Wildman–Crippen LogP) is 4.00. The van der Waals surface area contributed by atoms with Gasteiger partial charge < -0.3 is 27.2 Å². The summed E-state index contributed by atoms with van der Waals surface area (Å²) in [6.45, 7) is 2.31. The highest BCUT2D eigenvalue weighted by molar-refractivity contribution is 9.11. The summed E-state index contributed by atoms with van der Waals surface area (Å²) in [4.78, 5) is 16.9. The van der Waals surface area contributed by atoms with Gasteiger partial charge in [0.05, 0.1) is 21.5 Å². The summed E-state index contributed by atoms with van der Waals surface area (Å²) >= 11 is 6.67. The number of phenols is 1. The van der Waals surface area contributed by atoms with Gasteiger partial charge in [-0.1, -0.05) is 13.0 Å². The van der Waals surface area contributed by atoms with Gasteiger partial charge in [-0.15, -0.1) is 0 Å². The minimum Gasteiger partial charge on any atom is -0.506 e. The Labute approximate surface area is 186 Å². The number of nitrogens with two attached hydrogens (primary N) is 2. The number of halogens is 2. The molecule has 0 aliphatic rings. The maximum atomic E-state index is 12.4. The molecule has 0 aliphatic heterocycles. The highest BCUT2D eigenvalue weighted by Crippen LogP contribution is 2.36. The summed E-state index contributed by atoms with van der Waals surface area (Å²) in [7, 11) is 0. The molecule has 0 heterocycles. The Morgan fingerprint density at radius 3 is 2.59 bits per heavy atom. The maximum absolute atomic E-state index is 12.4. The van der Waals surface area contributed by atoms with E-state index in [-0.39, 0.29) is 24.2 Å². The number of anilines is 1. The van der Waals surface area contributed by atoms with Crippen molar-refractivity contribution in [2.75, 3.05) is 11.9 Å². The lowest BCUT2D eigenvalue weighted by atomic mass is 10.1. The van der Waals surface area contributed by atoms with Crippen molar-refractivity contribution in [1.82, 2.24) is 5.32 Å². The first-order chi connectivity index (χ1) is 13.8. The Bertz CT molecular complexity index is 908. The highest BCUT2D eigenvalue weighted by Gasteiger charge is 2.12. The van der Waals surface area contributed by atoms with Crippen LogP contribution in [0.15, 0.2) is 62.4 Å². The van der Waals surface area contributed by atoms with Crippen LogP contribution < -0.4 is 22.1 Å². The number of phenolic OH excluding ortho intramolecular Hbond substituents is 1. The molecule has 1 atom stereocenters. The maximum Gasteiger partial charge on any atom is 0.251 e. The average Bonchev–Trinajstić information content (AvgIpc) is 2.71. The van der Waals surface area contributed by atoms with Crippen molar-refractivity contribution >= 4 is 49.7 Å². The number of carbonyl (C=O) groups excluding carboxylic acids is 1. The van der Waals surface area contributed by atoms with Crippen LogP contribution in [0.3, 0.4) is 0 Å². The molecule has 0 saturated heterocycles. The van der Waals surface area contributed by atoms with E-state index >= 15 is 0 Å². The van der Waals surface area contributed by atoms with Crippen LogP contribution in [0.25, 0.3) is 0 Å². The molecule has 0 aromatic heterocycles. The first-order valence-electron chi connectivity index (χ1n) is 8.87. The van der Waals surface area contributed by atoms with Crippen molar-refractivity contribution in [1.29, 1.82) is 0 Å². The number of nitrogens with zero attached hydrogens (tertiary/aromatic N) is 1. The van der Waals surface area contributed by atoms with Gasteiger partial charge in [-0.05, 0) is 74.2 Å². The number of carbonyl (C=O) groups is 1. The zero-order valence-corrected chi connectivity index (χ0v) is 19.0. The van der Waals surface area contributed by atoms with Gasteiger partial charge in [-0.25, -0.2) is 0 Å². The van der Waals surface area contributed by atoms with Crippen LogP contribution in [0, 0.1) is 0 Å². The largest absolute Gasteiger partial charge is 0.506 e. The molecule has 1 unspecified atom stereocenters. The van der Waals surface area contributed by atoms with Crippen LogP contribution in [0.2, 0.25) is 0 Å². The number of hydrogen-bond donors (Lipinski definition) is 5. The minimum absolute atomic E-state index is 0.0846. The van der Waals surface area contributed by atoms with Gasteiger partial charge in [0.2, 0.25) is 0 Å². The standard InChI is InChI=1S/C20H23Br2N5O2/c1-2-17(13-9-15(21)19(28)16(22)10-13)25-6-7-26-20(29)12-4-3-5-14(8-12)27-18(24)11-23/h3-6,8-11,17,27-28H,2,7,23-24H2,1H3,(H,26,29)/b18-11-,25-6?. The van der Waals surface area contributed by atoms with Gasteiger partial charge in [-0.2, -0.15) is 0 Å². The topological polar surface area (TPSA) is 126 Å². The van der Waals surface area contributed by atoms with Gasteiger partial charge >= 0.3 is 0 Å². The fourth-order valence-electron chi connectivity index (χ4n) is 2.57. The molecule has 0 radical (unpaired) electrons. The summed E-state index contributed by atoms with van der Waals surface area (Å²) < 4.78 is 1.20. The van der Waals surface area contributed by atoms with Crippen LogP contribution in [-0.2, 0) is 0 Å². The van der Waals surface area contributed by atoms with Gasteiger partial charge in [0.25, 0.3) is 5.91 Å². The molecule has 2 aromatic carbocycles. The van der Waals surface area contributed by atoms with E-state index in [0.29, 0.717) is 26.0 Å². The van der Waals surface area contributed by atoms with E-state index in [1.165, 1.54) is 6.20 Å². The summed E-state index contributed by atoms with van der Waals surface area (Å²) in [5.74, 6) is 0.228. The molecule has 9 heteroatoms. The number of benzene rings is 2. The Balaban J connectivity index is 1.98. The zero-order chi connectivity index (χ0) is 21.4. The van der Waals surface area contributed by atoms with E-state index in [2.05, 4.69) is 47.5 Å². The fraction of sp³-hybridized carbons (Fsp3) is 0.200. The molecule has 2 aromatic rings. The van der Waals surface area contributed by atoms with Gasteiger partial charge in [0.15, 0.2) is 0 Å². The smallest absolute Gasteiger partial charge is 0.251 e. The molecular weight excluding hydrogens is 502 g/mol. The predicted molar refractivity (Wildman–Crippen MR) is 124 cm³/mol. The molecule has 154 valence electrons. The quantitative estimate of drug-likeness (QED) is 0.334. The minimum atomic E-state index is -0.224. The Kier molecular flexibility index (Phi) is 8.53. The molecule has 0 saturated carbocycles. The van der Waals surface area contributed by atoms with E-state index in [0.717, 1.165) is 12.0 Å². The van der Waals surface area contributed by atoms with E-state index < -0.39 is 0 Å². The molecule has 0 bridgehead atoms. The monoisotopic (exact) mass is 523 g/mol. The van der Waals surface area contributed by atoms with Crippen LogP contribution >= 0.6 is 31.9 Å². The van der Waals surface area contributed by atoms with Crippen LogP contribution in [0.1, 0.15) is 35.3 Å². The molecule has 0 spiro atoms. The van der Waals surface area contributed by atoms with Crippen molar-refractivity contribution < 1.29 is 9.90 Å². The van der Waals surface area contributed by atoms with Crippen molar-refractivity contribution in [3.63, 3.8) is 0 Å². The van der Waals surface area contributed by atoms with E-state index in [1.807, 2.05) is 19.1 Å². The molecule has 7 N–H and O–H groups in total. The second-order valence-electron chi connectivity index (χ2n) is 6.13. The lowest BCUT2D eigenvalue weighted by Gasteiger charge is -2.13. The molecule has 0 aliphatic carbocycles. The van der Waals surface area contributed by atoms with Gasteiger partial charge in [0, 0.05) is 23.7 Å². The van der Waals surface area contributed by atoms with E-state index in [4.69, 9.17) is 11.5 Å². The third-order valence-corrected chi connectivity index (χ3v) is 5.25. The lowest BCUT2D eigenvalue weighted by Crippen LogP contribution is -2.25. The van der Waals surface area contributed by atoms with Gasteiger partial charge in [0.1, 0.15) is 11.6 Å². The third kappa shape index (κ3) is 6.50. The Morgan fingerprint density at radius 2 is 1.97 bits per heavy atom. The number of nitrogens with one attached hydrogen (secondary N) is 2. The van der Waals surface area contributed by atoms with Crippen LogP contribution in [0.4, 0.5) is 5.69 Å². The number of aliphatic imine (C=N–C) groups is 1. The second kappa shape index (κ2) is 10.9. The van der Waals surface area contributed by atoms with E-state index in [1.54, 1.807) is 30.5 Å². The second-order valence-corrected chi connectivity index (χ2v) is 7.84. The Morgan fingerprint density at radius 1 is 1.28 bits per heavy atom. The summed E-state index contributed by atoms with van der Waals surface area (Å²) in [5, 5.41) is 15.6. The SMILES string of the molecule is CCC(N=CCNC(=O)c1cccc(N/C(N)=C\N)c1)c1cc(Br)c(O)c(Br)c1.